The molecule has 0 saturated heterocycles. The van der Waals surface area contributed by atoms with E-state index in [9.17, 15) is 0 Å². The standard InChI is InChI=1S/C14H24N3/c1-4-7-10-13-15-12(9-6-3)16-14(17-13)11-8-5-2/h3-11H2,1-2H3. The van der Waals surface area contributed by atoms with Crippen LogP contribution < -0.4 is 0 Å². The molecule has 0 aliphatic rings. The fourth-order valence-corrected chi connectivity index (χ4v) is 1.69. The molecule has 0 spiro atoms. The summed E-state index contributed by atoms with van der Waals surface area (Å²) in [6.07, 6.45) is 8.33. The molecular weight excluding hydrogens is 210 g/mol. The van der Waals surface area contributed by atoms with Gasteiger partial charge in [0.15, 0.2) is 0 Å². The number of aromatic nitrogens is 3. The van der Waals surface area contributed by atoms with Gasteiger partial charge in [0, 0.05) is 19.3 Å². The molecule has 0 amide bonds. The van der Waals surface area contributed by atoms with E-state index in [2.05, 4.69) is 35.7 Å². The first-order valence-electron chi connectivity index (χ1n) is 6.82. The summed E-state index contributed by atoms with van der Waals surface area (Å²) in [6.45, 7) is 8.25. The van der Waals surface area contributed by atoms with Gasteiger partial charge < -0.3 is 0 Å². The van der Waals surface area contributed by atoms with Crippen molar-refractivity contribution in [3.8, 4) is 0 Å². The number of rotatable bonds is 8. The van der Waals surface area contributed by atoms with E-state index >= 15 is 0 Å². The summed E-state index contributed by atoms with van der Waals surface area (Å²) >= 11 is 0. The van der Waals surface area contributed by atoms with Crippen molar-refractivity contribution in [2.45, 2.75) is 65.2 Å². The van der Waals surface area contributed by atoms with Gasteiger partial charge in [0.2, 0.25) is 0 Å². The monoisotopic (exact) mass is 234 g/mol. The Labute approximate surface area is 105 Å². The summed E-state index contributed by atoms with van der Waals surface area (Å²) in [6, 6.07) is 0. The van der Waals surface area contributed by atoms with Gasteiger partial charge in [-0.1, -0.05) is 33.6 Å². The van der Waals surface area contributed by atoms with Crippen LogP contribution in [0.2, 0.25) is 0 Å². The Balaban J connectivity index is 2.76. The first-order chi connectivity index (χ1) is 8.30. The lowest BCUT2D eigenvalue weighted by Crippen LogP contribution is -2.08. The van der Waals surface area contributed by atoms with E-state index in [1.54, 1.807) is 0 Å². The van der Waals surface area contributed by atoms with E-state index in [0.717, 1.165) is 56.0 Å². The van der Waals surface area contributed by atoms with Gasteiger partial charge >= 0.3 is 0 Å². The molecule has 1 rings (SSSR count). The molecule has 0 unspecified atom stereocenters. The van der Waals surface area contributed by atoms with Gasteiger partial charge in [-0.05, 0) is 19.3 Å². The SMILES string of the molecule is [CH2]CCc1nc(CCCC)nc(CCCC)n1. The van der Waals surface area contributed by atoms with Crippen LogP contribution in [0.15, 0.2) is 0 Å². The minimum atomic E-state index is 0.852. The smallest absolute Gasteiger partial charge is 0.132 e. The van der Waals surface area contributed by atoms with Crippen LogP contribution in [0.25, 0.3) is 0 Å². The Morgan fingerprint density at radius 2 is 1.18 bits per heavy atom. The fourth-order valence-electron chi connectivity index (χ4n) is 1.69. The lowest BCUT2D eigenvalue weighted by Gasteiger charge is -2.06. The zero-order valence-corrected chi connectivity index (χ0v) is 11.2. The van der Waals surface area contributed by atoms with Crippen molar-refractivity contribution in [1.82, 2.24) is 15.0 Å². The molecule has 0 aliphatic heterocycles. The molecule has 3 heteroatoms. The van der Waals surface area contributed by atoms with Crippen molar-refractivity contribution >= 4 is 0 Å². The number of aryl methyl sites for hydroxylation is 3. The van der Waals surface area contributed by atoms with Crippen LogP contribution in [0.4, 0.5) is 0 Å². The summed E-state index contributed by atoms with van der Waals surface area (Å²) in [5, 5.41) is 0. The van der Waals surface area contributed by atoms with E-state index in [0.29, 0.717) is 0 Å². The van der Waals surface area contributed by atoms with Gasteiger partial charge in [-0.15, -0.1) is 0 Å². The molecule has 95 valence electrons. The number of hydrogen-bond donors (Lipinski definition) is 0. The van der Waals surface area contributed by atoms with Gasteiger partial charge in [0.25, 0.3) is 0 Å². The molecule has 1 radical (unpaired) electrons. The van der Waals surface area contributed by atoms with Crippen LogP contribution in [0.3, 0.4) is 0 Å². The van der Waals surface area contributed by atoms with Crippen LogP contribution in [0.5, 0.6) is 0 Å². The third-order valence-corrected chi connectivity index (χ3v) is 2.68. The molecule has 0 atom stereocenters. The summed E-state index contributed by atoms with van der Waals surface area (Å²) in [7, 11) is 0. The van der Waals surface area contributed by atoms with Gasteiger partial charge in [0.1, 0.15) is 17.5 Å². The molecule has 0 aliphatic carbocycles. The average Bonchev–Trinajstić information content (AvgIpc) is 2.34. The third-order valence-electron chi connectivity index (χ3n) is 2.68. The molecule has 0 N–H and O–H groups in total. The van der Waals surface area contributed by atoms with Gasteiger partial charge in [-0.2, -0.15) is 0 Å². The zero-order valence-electron chi connectivity index (χ0n) is 11.2. The first kappa shape index (κ1) is 14.1. The van der Waals surface area contributed by atoms with E-state index in [1.165, 1.54) is 12.8 Å². The van der Waals surface area contributed by atoms with E-state index in [1.807, 2.05) is 0 Å². The largest absolute Gasteiger partial charge is 0.218 e. The molecule has 1 aromatic rings. The second kappa shape index (κ2) is 8.15. The molecular formula is C14H24N3. The first-order valence-corrected chi connectivity index (χ1v) is 6.82. The van der Waals surface area contributed by atoms with Gasteiger partial charge in [-0.3, -0.25) is 0 Å². The Morgan fingerprint density at radius 3 is 1.53 bits per heavy atom. The van der Waals surface area contributed by atoms with Crippen molar-refractivity contribution in [2.75, 3.05) is 0 Å². The summed E-state index contributed by atoms with van der Waals surface area (Å²) in [4.78, 5) is 13.6. The van der Waals surface area contributed by atoms with E-state index in [4.69, 9.17) is 0 Å². The van der Waals surface area contributed by atoms with Crippen molar-refractivity contribution in [3.63, 3.8) is 0 Å². The summed E-state index contributed by atoms with van der Waals surface area (Å²) in [5.41, 5.74) is 0. The normalized spacial score (nSPS) is 10.8. The lowest BCUT2D eigenvalue weighted by atomic mass is 10.2. The second-order valence-electron chi connectivity index (χ2n) is 4.39. The van der Waals surface area contributed by atoms with Crippen molar-refractivity contribution in [1.29, 1.82) is 0 Å². The molecule has 0 bridgehead atoms. The van der Waals surface area contributed by atoms with Crippen LogP contribution >= 0.6 is 0 Å². The predicted molar refractivity (Wildman–Crippen MR) is 70.7 cm³/mol. The van der Waals surface area contributed by atoms with E-state index in [-0.39, 0.29) is 0 Å². The Bertz CT molecular complexity index is 297. The zero-order chi connectivity index (χ0) is 12.5. The van der Waals surface area contributed by atoms with Gasteiger partial charge in [0.05, 0.1) is 0 Å². The molecule has 1 aromatic heterocycles. The van der Waals surface area contributed by atoms with Crippen molar-refractivity contribution in [3.05, 3.63) is 24.4 Å². The highest BCUT2D eigenvalue weighted by atomic mass is 15.0. The van der Waals surface area contributed by atoms with Crippen molar-refractivity contribution < 1.29 is 0 Å². The molecule has 0 saturated carbocycles. The van der Waals surface area contributed by atoms with E-state index < -0.39 is 0 Å². The predicted octanol–water partition coefficient (Wildman–Crippen LogP) is 3.32. The molecule has 3 nitrogen and oxygen atoms in total. The maximum absolute atomic E-state index is 4.55. The Hall–Kier alpha value is -0.990. The minimum Gasteiger partial charge on any atom is -0.218 e. The summed E-state index contributed by atoms with van der Waals surface area (Å²) < 4.78 is 0. The molecule has 17 heavy (non-hydrogen) atoms. The Morgan fingerprint density at radius 1 is 0.765 bits per heavy atom. The number of hydrogen-bond acceptors (Lipinski definition) is 3. The fraction of sp³-hybridized carbons (Fsp3) is 0.714. The minimum absolute atomic E-state index is 0.852. The Kier molecular flexibility index (Phi) is 6.75. The van der Waals surface area contributed by atoms with Crippen LogP contribution in [-0.4, -0.2) is 15.0 Å². The quantitative estimate of drug-likeness (QED) is 0.692. The van der Waals surface area contributed by atoms with Crippen LogP contribution in [0.1, 0.15) is 63.4 Å². The molecule has 1 heterocycles. The van der Waals surface area contributed by atoms with Crippen LogP contribution in [0, 0.1) is 6.92 Å². The second-order valence-corrected chi connectivity index (χ2v) is 4.39. The van der Waals surface area contributed by atoms with Crippen molar-refractivity contribution in [2.24, 2.45) is 0 Å². The topological polar surface area (TPSA) is 38.7 Å². The molecule has 0 aromatic carbocycles. The average molecular weight is 234 g/mol. The number of nitrogens with zero attached hydrogens (tertiary/aromatic N) is 3. The van der Waals surface area contributed by atoms with Gasteiger partial charge in [-0.25, -0.2) is 15.0 Å². The highest BCUT2D eigenvalue weighted by Crippen LogP contribution is 2.06. The third kappa shape index (κ3) is 5.24. The highest BCUT2D eigenvalue weighted by molar-refractivity contribution is 4.98. The van der Waals surface area contributed by atoms with Crippen LogP contribution in [-0.2, 0) is 19.3 Å². The lowest BCUT2D eigenvalue weighted by molar-refractivity contribution is 0.676. The maximum Gasteiger partial charge on any atom is 0.132 e. The number of unbranched alkanes of at least 4 members (excludes halogenated alkanes) is 2. The highest BCUT2D eigenvalue weighted by Gasteiger charge is 2.05. The molecule has 0 fully saturated rings. The maximum atomic E-state index is 4.55. The summed E-state index contributed by atoms with van der Waals surface area (Å²) in [5.74, 6) is 2.86.